The number of aliphatic carboxylic acids is 1. The van der Waals surface area contributed by atoms with Crippen molar-refractivity contribution in [2.75, 3.05) is 0 Å². The molecule has 0 bridgehead atoms. The second-order valence-electron chi connectivity index (χ2n) is 3.90. The standard InChI is InChI=1S/C11H8F2O3/c12-6-1-2-9(13)8(3-6)11(10(15)16)4-7(14)5-11/h1-3H,4-5H2,(H,15,16). The van der Waals surface area contributed by atoms with E-state index in [1.54, 1.807) is 0 Å². The van der Waals surface area contributed by atoms with Crippen molar-refractivity contribution < 1.29 is 23.5 Å². The van der Waals surface area contributed by atoms with E-state index in [9.17, 15) is 18.4 Å². The highest BCUT2D eigenvalue weighted by Crippen LogP contribution is 2.42. The van der Waals surface area contributed by atoms with Gasteiger partial charge in [-0.2, -0.15) is 0 Å². The van der Waals surface area contributed by atoms with Gasteiger partial charge >= 0.3 is 5.97 Å². The van der Waals surface area contributed by atoms with Gasteiger partial charge in [0.2, 0.25) is 0 Å². The molecule has 2 rings (SSSR count). The van der Waals surface area contributed by atoms with Crippen molar-refractivity contribution in [2.24, 2.45) is 0 Å². The highest BCUT2D eigenvalue weighted by Gasteiger charge is 2.52. The SMILES string of the molecule is O=C1CC(C(=O)O)(c2cc(F)ccc2F)C1. The van der Waals surface area contributed by atoms with Crippen LogP contribution in [0.3, 0.4) is 0 Å². The first-order valence-corrected chi connectivity index (χ1v) is 4.66. The predicted octanol–water partition coefficient (Wildman–Crippen LogP) is 1.65. The average Bonchev–Trinajstić information content (AvgIpc) is 2.16. The second kappa shape index (κ2) is 3.37. The Kier molecular flexibility index (Phi) is 2.26. The zero-order valence-electron chi connectivity index (χ0n) is 8.17. The van der Waals surface area contributed by atoms with Gasteiger partial charge in [-0.25, -0.2) is 8.78 Å². The van der Waals surface area contributed by atoms with Crippen LogP contribution in [0.5, 0.6) is 0 Å². The third-order valence-corrected chi connectivity index (χ3v) is 2.85. The molecular formula is C11H8F2O3. The molecular weight excluding hydrogens is 218 g/mol. The first-order chi connectivity index (χ1) is 7.45. The summed E-state index contributed by atoms with van der Waals surface area (Å²) in [6, 6.07) is 2.63. The summed E-state index contributed by atoms with van der Waals surface area (Å²) in [6.07, 6.45) is -0.550. The summed E-state index contributed by atoms with van der Waals surface area (Å²) in [7, 11) is 0. The molecule has 0 spiro atoms. The molecule has 16 heavy (non-hydrogen) atoms. The van der Waals surface area contributed by atoms with Gasteiger partial charge in [0.15, 0.2) is 0 Å². The van der Waals surface area contributed by atoms with Crippen molar-refractivity contribution in [3.05, 3.63) is 35.4 Å². The van der Waals surface area contributed by atoms with Crippen molar-refractivity contribution >= 4 is 11.8 Å². The number of halogens is 2. The molecule has 84 valence electrons. The molecule has 0 saturated heterocycles. The Labute approximate surface area is 89.7 Å². The van der Waals surface area contributed by atoms with E-state index in [0.717, 1.165) is 18.2 Å². The van der Waals surface area contributed by atoms with Crippen molar-refractivity contribution in [1.82, 2.24) is 0 Å². The Morgan fingerprint density at radius 3 is 2.44 bits per heavy atom. The lowest BCUT2D eigenvalue weighted by atomic mass is 9.63. The Morgan fingerprint density at radius 1 is 1.31 bits per heavy atom. The van der Waals surface area contributed by atoms with E-state index in [1.807, 2.05) is 0 Å². The van der Waals surface area contributed by atoms with E-state index in [4.69, 9.17) is 5.11 Å². The monoisotopic (exact) mass is 226 g/mol. The van der Waals surface area contributed by atoms with Gasteiger partial charge in [0.25, 0.3) is 0 Å². The third-order valence-electron chi connectivity index (χ3n) is 2.85. The molecule has 0 aliphatic heterocycles. The first kappa shape index (κ1) is 10.7. The lowest BCUT2D eigenvalue weighted by Gasteiger charge is -2.36. The average molecular weight is 226 g/mol. The number of rotatable bonds is 2. The minimum absolute atomic E-state index is 0.250. The summed E-state index contributed by atoms with van der Waals surface area (Å²) in [6.45, 7) is 0. The largest absolute Gasteiger partial charge is 0.481 e. The van der Waals surface area contributed by atoms with Crippen LogP contribution < -0.4 is 0 Å². The molecule has 1 N–H and O–H groups in total. The molecule has 0 radical (unpaired) electrons. The Balaban J connectivity index is 2.52. The zero-order valence-corrected chi connectivity index (χ0v) is 8.17. The number of Topliss-reactive ketones (excluding diaryl/α,β-unsaturated/α-hetero) is 1. The maximum Gasteiger partial charge on any atom is 0.315 e. The van der Waals surface area contributed by atoms with E-state index in [1.165, 1.54) is 0 Å². The minimum atomic E-state index is -1.58. The molecule has 0 atom stereocenters. The number of hydrogen-bond acceptors (Lipinski definition) is 2. The Morgan fingerprint density at radius 2 is 1.94 bits per heavy atom. The van der Waals surface area contributed by atoms with Crippen LogP contribution in [0.4, 0.5) is 8.78 Å². The van der Waals surface area contributed by atoms with Gasteiger partial charge in [-0.3, -0.25) is 9.59 Å². The first-order valence-electron chi connectivity index (χ1n) is 4.66. The molecule has 1 aliphatic carbocycles. The molecule has 0 amide bonds. The normalized spacial score (nSPS) is 18.0. The Hall–Kier alpha value is -1.78. The van der Waals surface area contributed by atoms with Gasteiger partial charge in [-0.15, -0.1) is 0 Å². The van der Waals surface area contributed by atoms with E-state index in [2.05, 4.69) is 0 Å². The molecule has 0 unspecified atom stereocenters. The van der Waals surface area contributed by atoms with Gasteiger partial charge in [0.1, 0.15) is 22.8 Å². The quantitative estimate of drug-likeness (QED) is 0.834. The molecule has 1 fully saturated rings. The lowest BCUT2D eigenvalue weighted by Crippen LogP contribution is -2.48. The zero-order chi connectivity index (χ0) is 11.9. The predicted molar refractivity (Wildman–Crippen MR) is 49.9 cm³/mol. The fourth-order valence-electron chi connectivity index (χ4n) is 1.94. The van der Waals surface area contributed by atoms with E-state index >= 15 is 0 Å². The number of benzene rings is 1. The highest BCUT2D eigenvalue weighted by molar-refractivity contribution is 6.01. The topological polar surface area (TPSA) is 54.4 Å². The summed E-state index contributed by atoms with van der Waals surface area (Å²) in [5.41, 5.74) is -1.83. The van der Waals surface area contributed by atoms with Crippen LogP contribution >= 0.6 is 0 Å². The van der Waals surface area contributed by atoms with Crippen LogP contribution in [-0.2, 0) is 15.0 Å². The second-order valence-corrected chi connectivity index (χ2v) is 3.90. The van der Waals surface area contributed by atoms with Gasteiger partial charge in [0, 0.05) is 18.4 Å². The van der Waals surface area contributed by atoms with E-state index in [0.29, 0.717) is 0 Å². The molecule has 5 heteroatoms. The van der Waals surface area contributed by atoms with Gasteiger partial charge in [-0.05, 0) is 18.2 Å². The van der Waals surface area contributed by atoms with Crippen molar-refractivity contribution in [1.29, 1.82) is 0 Å². The van der Waals surface area contributed by atoms with Crippen LogP contribution in [0.1, 0.15) is 18.4 Å². The molecule has 1 aliphatic rings. The van der Waals surface area contributed by atoms with Crippen LogP contribution in [0.15, 0.2) is 18.2 Å². The summed E-state index contributed by atoms with van der Waals surface area (Å²) >= 11 is 0. The van der Waals surface area contributed by atoms with E-state index < -0.39 is 23.0 Å². The lowest BCUT2D eigenvalue weighted by molar-refractivity contribution is -0.153. The minimum Gasteiger partial charge on any atom is -0.481 e. The van der Waals surface area contributed by atoms with Crippen molar-refractivity contribution in [3.63, 3.8) is 0 Å². The smallest absolute Gasteiger partial charge is 0.315 e. The molecule has 0 aromatic heterocycles. The number of carboxylic acids is 1. The highest BCUT2D eigenvalue weighted by atomic mass is 19.1. The number of carbonyl (C=O) groups is 2. The summed E-state index contributed by atoms with van der Waals surface area (Å²) in [4.78, 5) is 22.0. The van der Waals surface area contributed by atoms with Crippen LogP contribution in [-0.4, -0.2) is 16.9 Å². The molecule has 1 saturated carbocycles. The van der Waals surface area contributed by atoms with Crippen LogP contribution in [0.2, 0.25) is 0 Å². The summed E-state index contributed by atoms with van der Waals surface area (Å²) in [5, 5.41) is 9.03. The van der Waals surface area contributed by atoms with Gasteiger partial charge in [0.05, 0.1) is 0 Å². The summed E-state index contributed by atoms with van der Waals surface area (Å²) < 4.78 is 26.4. The number of carbonyl (C=O) groups excluding carboxylic acids is 1. The number of ketones is 1. The molecule has 0 heterocycles. The van der Waals surface area contributed by atoms with Gasteiger partial charge in [-0.1, -0.05) is 0 Å². The molecule has 1 aromatic carbocycles. The summed E-state index contributed by atoms with van der Waals surface area (Å²) in [5.74, 6) is -3.06. The van der Waals surface area contributed by atoms with Gasteiger partial charge < -0.3 is 5.11 Å². The number of hydrogen-bond donors (Lipinski definition) is 1. The fourth-order valence-corrected chi connectivity index (χ4v) is 1.94. The molecule has 1 aromatic rings. The van der Waals surface area contributed by atoms with Crippen molar-refractivity contribution in [2.45, 2.75) is 18.3 Å². The van der Waals surface area contributed by atoms with Crippen molar-refractivity contribution in [3.8, 4) is 0 Å². The maximum atomic E-state index is 13.4. The Bertz CT molecular complexity index is 474. The maximum absolute atomic E-state index is 13.4. The van der Waals surface area contributed by atoms with Crippen LogP contribution in [0, 0.1) is 11.6 Å². The van der Waals surface area contributed by atoms with Crippen LogP contribution in [0.25, 0.3) is 0 Å². The third kappa shape index (κ3) is 1.39. The van der Waals surface area contributed by atoms with E-state index in [-0.39, 0.29) is 24.2 Å². The number of carboxylic acid groups (broad SMARTS) is 1. The fraction of sp³-hybridized carbons (Fsp3) is 0.273. The molecule has 3 nitrogen and oxygen atoms in total.